The van der Waals surface area contributed by atoms with Crippen LogP contribution >= 0.6 is 0 Å². The van der Waals surface area contributed by atoms with Crippen LogP contribution in [-0.4, -0.2) is 59.1 Å². The summed E-state index contributed by atoms with van der Waals surface area (Å²) in [6.45, 7) is 5.40. The van der Waals surface area contributed by atoms with Gasteiger partial charge in [0.1, 0.15) is 6.10 Å². The predicted octanol–water partition coefficient (Wildman–Crippen LogP) is 4.03. The van der Waals surface area contributed by atoms with Crippen molar-refractivity contribution in [2.45, 2.75) is 70.6 Å². The number of nitrogens with zero attached hydrogens (tertiary/aromatic N) is 3. The number of nitrogens with one attached hydrogen (secondary N) is 1. The van der Waals surface area contributed by atoms with E-state index in [4.69, 9.17) is 9.84 Å². The molecule has 1 N–H and O–H groups in total. The number of amides is 2. The molecule has 0 radical (unpaired) electrons. The second-order valence-electron chi connectivity index (χ2n) is 9.49. The summed E-state index contributed by atoms with van der Waals surface area (Å²) in [6, 6.07) is 12.2. The van der Waals surface area contributed by atoms with Crippen LogP contribution in [-0.2, 0) is 20.7 Å². The average Bonchev–Trinajstić information content (AvgIpc) is 3.60. The Kier molecular flexibility index (Phi) is 7.88. The van der Waals surface area contributed by atoms with Crippen molar-refractivity contribution in [3.8, 4) is 5.69 Å². The van der Waals surface area contributed by atoms with E-state index in [-0.39, 0.29) is 24.1 Å². The van der Waals surface area contributed by atoms with Gasteiger partial charge in [0.15, 0.2) is 0 Å². The summed E-state index contributed by atoms with van der Waals surface area (Å²) in [5.74, 6) is 0.605. The van der Waals surface area contributed by atoms with Gasteiger partial charge in [-0.3, -0.25) is 4.79 Å². The monoisotopic (exact) mass is 468 g/mol. The molecule has 8 nitrogen and oxygen atoms in total. The molecule has 1 aromatic carbocycles. The molecule has 0 spiro atoms. The van der Waals surface area contributed by atoms with Crippen LogP contribution < -0.4 is 5.32 Å². The average molecular weight is 469 g/mol. The summed E-state index contributed by atoms with van der Waals surface area (Å²) in [5, 5.41) is 7.68. The summed E-state index contributed by atoms with van der Waals surface area (Å²) < 4.78 is 12.5. The number of rotatable bonds is 9. The zero-order chi connectivity index (χ0) is 24.1. The standard InChI is InChI=1S/C26H36N4O4/c1-18-11-14-24(34-17-18)25(31)29(20-12-13-20)19(2)23-16-22(10-7-15-27-26(32)33-3)30(28-23)21-8-5-4-6-9-21/h4-6,8-9,16,18-20,24H,7,10-15,17H2,1-3H3,(H,27,32)/t18-,19-,24-/m1/s1. The topological polar surface area (TPSA) is 85.7 Å². The maximum Gasteiger partial charge on any atom is 0.406 e. The summed E-state index contributed by atoms with van der Waals surface area (Å²) >= 11 is 0. The lowest BCUT2D eigenvalue weighted by molar-refractivity contribution is -0.151. The number of hydrogen-bond donors (Lipinski definition) is 1. The molecule has 1 aliphatic heterocycles. The SMILES string of the molecule is COC(=O)NCCCc1cc([C@@H](C)N(C(=O)[C@H]2CC[C@@H](C)CO2)C2CC2)nn1-c1ccccc1. The maximum absolute atomic E-state index is 13.5. The highest BCUT2D eigenvalue weighted by Gasteiger charge is 2.41. The number of benzene rings is 1. The van der Waals surface area contributed by atoms with Crippen LogP contribution in [0.4, 0.5) is 4.79 Å². The van der Waals surface area contributed by atoms with Crippen molar-refractivity contribution in [2.75, 3.05) is 20.3 Å². The Bertz CT molecular complexity index is 964. The van der Waals surface area contributed by atoms with E-state index in [2.05, 4.69) is 30.0 Å². The fourth-order valence-corrected chi connectivity index (χ4v) is 4.57. The number of aromatic nitrogens is 2. The highest BCUT2D eigenvalue weighted by Crippen LogP contribution is 2.36. The lowest BCUT2D eigenvalue weighted by atomic mass is 9.99. The van der Waals surface area contributed by atoms with Gasteiger partial charge in [-0.15, -0.1) is 0 Å². The Morgan fingerprint density at radius 2 is 2.00 bits per heavy atom. The highest BCUT2D eigenvalue weighted by atomic mass is 16.5. The lowest BCUT2D eigenvalue weighted by Gasteiger charge is -2.34. The van der Waals surface area contributed by atoms with Gasteiger partial charge in [0.05, 0.1) is 31.1 Å². The number of carbonyl (C=O) groups excluding carboxylic acids is 2. The molecule has 2 aromatic rings. The Morgan fingerprint density at radius 3 is 2.65 bits per heavy atom. The van der Waals surface area contributed by atoms with Gasteiger partial charge in [0, 0.05) is 18.3 Å². The fraction of sp³-hybridized carbons (Fsp3) is 0.577. The van der Waals surface area contributed by atoms with E-state index in [9.17, 15) is 9.59 Å². The molecule has 1 aliphatic carbocycles. The highest BCUT2D eigenvalue weighted by molar-refractivity contribution is 5.82. The van der Waals surface area contributed by atoms with E-state index in [1.807, 2.05) is 39.9 Å². The largest absolute Gasteiger partial charge is 0.453 e. The van der Waals surface area contributed by atoms with Crippen LogP contribution in [0.25, 0.3) is 5.69 Å². The Hall–Kier alpha value is -2.87. The van der Waals surface area contributed by atoms with Gasteiger partial charge in [0.25, 0.3) is 5.91 Å². The van der Waals surface area contributed by atoms with Crippen molar-refractivity contribution in [3.05, 3.63) is 47.8 Å². The number of alkyl carbamates (subject to hydrolysis) is 1. The number of methoxy groups -OCH3 is 1. The molecular formula is C26H36N4O4. The van der Waals surface area contributed by atoms with Gasteiger partial charge < -0.3 is 19.7 Å². The van der Waals surface area contributed by atoms with Gasteiger partial charge in [-0.05, 0) is 69.6 Å². The summed E-state index contributed by atoms with van der Waals surface area (Å²) in [4.78, 5) is 26.9. The van der Waals surface area contributed by atoms with Crippen molar-refractivity contribution >= 4 is 12.0 Å². The number of aryl methyl sites for hydroxylation is 1. The predicted molar refractivity (Wildman–Crippen MR) is 129 cm³/mol. The first kappa shape index (κ1) is 24.3. The van der Waals surface area contributed by atoms with Crippen molar-refractivity contribution in [3.63, 3.8) is 0 Å². The summed E-state index contributed by atoms with van der Waals surface area (Å²) in [5.41, 5.74) is 2.90. The number of carbonyl (C=O) groups is 2. The van der Waals surface area contributed by atoms with E-state index in [0.29, 0.717) is 19.1 Å². The molecule has 2 amide bonds. The van der Waals surface area contributed by atoms with Gasteiger partial charge in [-0.1, -0.05) is 25.1 Å². The molecule has 3 atom stereocenters. The molecule has 1 aromatic heterocycles. The van der Waals surface area contributed by atoms with E-state index in [0.717, 1.165) is 55.6 Å². The van der Waals surface area contributed by atoms with Crippen molar-refractivity contribution in [2.24, 2.45) is 5.92 Å². The number of ether oxygens (including phenoxy) is 2. The first-order valence-corrected chi connectivity index (χ1v) is 12.4. The molecule has 2 heterocycles. The van der Waals surface area contributed by atoms with Crippen molar-refractivity contribution in [1.29, 1.82) is 0 Å². The number of para-hydroxylation sites is 1. The van der Waals surface area contributed by atoms with Gasteiger partial charge in [-0.2, -0.15) is 5.10 Å². The van der Waals surface area contributed by atoms with E-state index < -0.39 is 6.09 Å². The quantitative estimate of drug-likeness (QED) is 0.562. The molecule has 0 bridgehead atoms. The molecule has 8 heteroatoms. The smallest absolute Gasteiger partial charge is 0.406 e. The van der Waals surface area contributed by atoms with E-state index in [1.54, 1.807) is 0 Å². The third-order valence-electron chi connectivity index (χ3n) is 6.69. The molecule has 4 rings (SSSR count). The molecule has 1 saturated heterocycles. The second-order valence-corrected chi connectivity index (χ2v) is 9.49. The zero-order valence-electron chi connectivity index (χ0n) is 20.4. The zero-order valence-corrected chi connectivity index (χ0v) is 20.4. The minimum Gasteiger partial charge on any atom is -0.453 e. The van der Waals surface area contributed by atoms with Crippen molar-refractivity contribution < 1.29 is 19.1 Å². The van der Waals surface area contributed by atoms with Gasteiger partial charge in [-0.25, -0.2) is 9.48 Å². The molecule has 0 unspecified atom stereocenters. The minimum atomic E-state index is -0.427. The van der Waals surface area contributed by atoms with E-state index in [1.165, 1.54) is 7.11 Å². The van der Waals surface area contributed by atoms with Crippen LogP contribution in [0.2, 0.25) is 0 Å². The lowest BCUT2D eigenvalue weighted by Crippen LogP contribution is -2.45. The third-order valence-corrected chi connectivity index (χ3v) is 6.69. The van der Waals surface area contributed by atoms with Crippen molar-refractivity contribution in [1.82, 2.24) is 20.0 Å². The summed E-state index contributed by atoms with van der Waals surface area (Å²) in [6.07, 6.45) is 4.58. The van der Waals surface area contributed by atoms with Crippen LogP contribution in [0.5, 0.6) is 0 Å². The molecule has 34 heavy (non-hydrogen) atoms. The Balaban J connectivity index is 1.53. The second kappa shape index (κ2) is 11.0. The first-order valence-electron chi connectivity index (χ1n) is 12.4. The van der Waals surface area contributed by atoms with Crippen LogP contribution in [0, 0.1) is 5.92 Å². The van der Waals surface area contributed by atoms with Crippen LogP contribution in [0.15, 0.2) is 36.4 Å². The Morgan fingerprint density at radius 1 is 1.24 bits per heavy atom. The fourth-order valence-electron chi connectivity index (χ4n) is 4.57. The maximum atomic E-state index is 13.5. The van der Waals surface area contributed by atoms with Gasteiger partial charge in [0.2, 0.25) is 0 Å². The number of hydrogen-bond acceptors (Lipinski definition) is 5. The summed E-state index contributed by atoms with van der Waals surface area (Å²) in [7, 11) is 1.36. The molecule has 2 fully saturated rings. The van der Waals surface area contributed by atoms with Gasteiger partial charge >= 0.3 is 6.09 Å². The minimum absolute atomic E-state index is 0.0972. The third kappa shape index (κ3) is 5.78. The molecule has 184 valence electrons. The molecular weight excluding hydrogens is 432 g/mol. The molecule has 1 saturated carbocycles. The Labute approximate surface area is 201 Å². The van der Waals surface area contributed by atoms with E-state index >= 15 is 0 Å². The first-order chi connectivity index (χ1) is 16.5. The van der Waals surface area contributed by atoms with Crippen LogP contribution in [0.1, 0.15) is 63.4 Å². The normalized spacial score (nSPS) is 21.0. The molecule has 2 aliphatic rings. The van der Waals surface area contributed by atoms with Crippen LogP contribution in [0.3, 0.4) is 0 Å².